The summed E-state index contributed by atoms with van der Waals surface area (Å²) in [5.41, 5.74) is 3.38. The van der Waals surface area contributed by atoms with Crippen molar-refractivity contribution < 1.29 is 4.74 Å². The standard InChI is InChI=1S/C14H22ClNO/c1-6-16-8-12-11(5)13(15)7-10(4)14(12)17-9(2)3/h7,9,16H,6,8H2,1-5H3. The molecule has 0 saturated carbocycles. The molecule has 0 bridgehead atoms. The molecule has 96 valence electrons. The topological polar surface area (TPSA) is 21.3 Å². The average Bonchev–Trinajstić information content (AvgIpc) is 2.25. The van der Waals surface area contributed by atoms with Crippen molar-refractivity contribution in [2.75, 3.05) is 6.54 Å². The van der Waals surface area contributed by atoms with E-state index < -0.39 is 0 Å². The Hall–Kier alpha value is -0.730. The highest BCUT2D eigenvalue weighted by molar-refractivity contribution is 6.31. The van der Waals surface area contributed by atoms with Crippen LogP contribution in [0, 0.1) is 13.8 Å². The third-order valence-electron chi connectivity index (χ3n) is 2.69. The first-order valence-corrected chi connectivity index (χ1v) is 6.51. The van der Waals surface area contributed by atoms with Gasteiger partial charge >= 0.3 is 0 Å². The molecule has 1 aromatic carbocycles. The predicted molar refractivity (Wildman–Crippen MR) is 74.1 cm³/mol. The van der Waals surface area contributed by atoms with Crippen LogP contribution in [0.3, 0.4) is 0 Å². The van der Waals surface area contributed by atoms with E-state index in [9.17, 15) is 0 Å². The van der Waals surface area contributed by atoms with Crippen molar-refractivity contribution in [3.05, 3.63) is 27.8 Å². The summed E-state index contributed by atoms with van der Waals surface area (Å²) in [6, 6.07) is 1.98. The zero-order chi connectivity index (χ0) is 13.0. The van der Waals surface area contributed by atoms with Gasteiger partial charge in [0.2, 0.25) is 0 Å². The molecule has 1 aromatic rings. The van der Waals surface area contributed by atoms with E-state index in [0.717, 1.165) is 35.0 Å². The van der Waals surface area contributed by atoms with Crippen molar-refractivity contribution in [3.63, 3.8) is 0 Å². The van der Waals surface area contributed by atoms with Gasteiger partial charge in [-0.05, 0) is 51.4 Å². The number of aryl methyl sites for hydroxylation is 1. The lowest BCUT2D eigenvalue weighted by Crippen LogP contribution is -2.16. The van der Waals surface area contributed by atoms with Gasteiger partial charge in [-0.2, -0.15) is 0 Å². The molecule has 2 nitrogen and oxygen atoms in total. The quantitative estimate of drug-likeness (QED) is 0.863. The Morgan fingerprint density at radius 1 is 1.35 bits per heavy atom. The van der Waals surface area contributed by atoms with Crippen LogP contribution in [-0.4, -0.2) is 12.6 Å². The zero-order valence-electron chi connectivity index (χ0n) is 11.4. The lowest BCUT2D eigenvalue weighted by atomic mass is 10.0. The average molecular weight is 256 g/mol. The molecule has 0 aliphatic carbocycles. The third-order valence-corrected chi connectivity index (χ3v) is 3.08. The second kappa shape index (κ2) is 6.27. The van der Waals surface area contributed by atoms with Gasteiger partial charge in [0.1, 0.15) is 5.75 Å². The van der Waals surface area contributed by atoms with Crippen LogP contribution in [0.4, 0.5) is 0 Å². The van der Waals surface area contributed by atoms with Crippen molar-refractivity contribution in [2.45, 2.75) is 47.3 Å². The smallest absolute Gasteiger partial charge is 0.127 e. The fourth-order valence-electron chi connectivity index (χ4n) is 1.78. The molecule has 17 heavy (non-hydrogen) atoms. The Morgan fingerprint density at radius 3 is 2.53 bits per heavy atom. The summed E-state index contributed by atoms with van der Waals surface area (Å²) in [6.45, 7) is 12.0. The Kier molecular flexibility index (Phi) is 5.29. The maximum atomic E-state index is 6.22. The first kappa shape index (κ1) is 14.3. The van der Waals surface area contributed by atoms with Gasteiger partial charge in [0.25, 0.3) is 0 Å². The van der Waals surface area contributed by atoms with Crippen LogP contribution in [-0.2, 0) is 6.54 Å². The van der Waals surface area contributed by atoms with E-state index in [2.05, 4.69) is 12.2 Å². The van der Waals surface area contributed by atoms with Gasteiger partial charge in [0.05, 0.1) is 6.10 Å². The van der Waals surface area contributed by atoms with E-state index in [1.54, 1.807) is 0 Å². The summed E-state index contributed by atoms with van der Waals surface area (Å²) < 4.78 is 5.91. The highest BCUT2D eigenvalue weighted by Gasteiger charge is 2.14. The molecule has 0 radical (unpaired) electrons. The molecule has 0 amide bonds. The molecule has 1 rings (SSSR count). The molecule has 0 unspecified atom stereocenters. The van der Waals surface area contributed by atoms with Gasteiger partial charge in [0.15, 0.2) is 0 Å². The highest BCUT2D eigenvalue weighted by Crippen LogP contribution is 2.32. The molecule has 0 saturated heterocycles. The Labute approximate surface area is 109 Å². The van der Waals surface area contributed by atoms with Crippen LogP contribution >= 0.6 is 11.6 Å². The van der Waals surface area contributed by atoms with E-state index >= 15 is 0 Å². The van der Waals surface area contributed by atoms with Gasteiger partial charge < -0.3 is 10.1 Å². The maximum Gasteiger partial charge on any atom is 0.127 e. The van der Waals surface area contributed by atoms with Gasteiger partial charge in [-0.15, -0.1) is 0 Å². The normalized spacial score (nSPS) is 11.0. The number of benzene rings is 1. The summed E-state index contributed by atoms with van der Waals surface area (Å²) in [4.78, 5) is 0. The monoisotopic (exact) mass is 255 g/mol. The molecule has 0 spiro atoms. The lowest BCUT2D eigenvalue weighted by molar-refractivity contribution is 0.237. The van der Waals surface area contributed by atoms with E-state index in [4.69, 9.17) is 16.3 Å². The van der Waals surface area contributed by atoms with Crippen LogP contribution in [0.25, 0.3) is 0 Å². The van der Waals surface area contributed by atoms with Gasteiger partial charge in [-0.3, -0.25) is 0 Å². The number of ether oxygens (including phenoxy) is 1. The van der Waals surface area contributed by atoms with Crippen LogP contribution in [0.2, 0.25) is 5.02 Å². The largest absolute Gasteiger partial charge is 0.490 e. The molecular weight excluding hydrogens is 234 g/mol. The minimum absolute atomic E-state index is 0.176. The van der Waals surface area contributed by atoms with Gasteiger partial charge in [-0.25, -0.2) is 0 Å². The third kappa shape index (κ3) is 3.62. The van der Waals surface area contributed by atoms with Gasteiger partial charge in [0, 0.05) is 17.1 Å². The van der Waals surface area contributed by atoms with Crippen LogP contribution < -0.4 is 10.1 Å². The number of hydrogen-bond donors (Lipinski definition) is 1. The number of nitrogens with one attached hydrogen (secondary N) is 1. The molecule has 3 heteroatoms. The maximum absolute atomic E-state index is 6.22. The fourth-order valence-corrected chi connectivity index (χ4v) is 2.06. The Morgan fingerprint density at radius 2 is 2.00 bits per heavy atom. The number of rotatable bonds is 5. The van der Waals surface area contributed by atoms with Crippen molar-refractivity contribution in [1.29, 1.82) is 0 Å². The van der Waals surface area contributed by atoms with E-state index in [1.165, 1.54) is 5.56 Å². The van der Waals surface area contributed by atoms with Crippen LogP contribution in [0.15, 0.2) is 6.07 Å². The first-order chi connectivity index (χ1) is 7.97. The molecule has 0 atom stereocenters. The predicted octanol–water partition coefficient (Wildman–Crippen LogP) is 3.85. The van der Waals surface area contributed by atoms with Gasteiger partial charge in [-0.1, -0.05) is 18.5 Å². The summed E-state index contributed by atoms with van der Waals surface area (Å²) in [5.74, 6) is 0.975. The number of hydrogen-bond acceptors (Lipinski definition) is 2. The molecule has 0 aliphatic rings. The van der Waals surface area contributed by atoms with E-state index in [0.29, 0.717) is 0 Å². The Balaban J connectivity index is 3.18. The minimum Gasteiger partial charge on any atom is -0.490 e. The second-order valence-corrected chi connectivity index (χ2v) is 4.96. The van der Waals surface area contributed by atoms with Crippen LogP contribution in [0.5, 0.6) is 5.75 Å². The molecule has 0 aliphatic heterocycles. The molecule has 1 N–H and O–H groups in total. The van der Waals surface area contributed by atoms with Crippen molar-refractivity contribution in [3.8, 4) is 5.75 Å². The summed E-state index contributed by atoms with van der Waals surface area (Å²) in [7, 11) is 0. The summed E-state index contributed by atoms with van der Waals surface area (Å²) in [5, 5.41) is 4.15. The lowest BCUT2D eigenvalue weighted by Gasteiger charge is -2.20. The molecule has 0 heterocycles. The summed E-state index contributed by atoms with van der Waals surface area (Å²) in [6.07, 6.45) is 0.176. The Bertz CT molecular complexity index is 388. The van der Waals surface area contributed by atoms with E-state index in [-0.39, 0.29) is 6.10 Å². The number of halogens is 1. The minimum atomic E-state index is 0.176. The zero-order valence-corrected chi connectivity index (χ0v) is 12.1. The summed E-state index contributed by atoms with van der Waals surface area (Å²) >= 11 is 6.22. The van der Waals surface area contributed by atoms with Crippen molar-refractivity contribution in [2.24, 2.45) is 0 Å². The fraction of sp³-hybridized carbons (Fsp3) is 0.571. The van der Waals surface area contributed by atoms with Crippen molar-refractivity contribution >= 4 is 11.6 Å². The molecule has 0 fully saturated rings. The van der Waals surface area contributed by atoms with E-state index in [1.807, 2.05) is 33.8 Å². The molecule has 0 aromatic heterocycles. The molecular formula is C14H22ClNO. The first-order valence-electron chi connectivity index (χ1n) is 6.13. The van der Waals surface area contributed by atoms with Crippen molar-refractivity contribution in [1.82, 2.24) is 5.32 Å². The van der Waals surface area contributed by atoms with Crippen LogP contribution in [0.1, 0.15) is 37.5 Å². The second-order valence-electron chi connectivity index (χ2n) is 4.55. The SMILES string of the molecule is CCNCc1c(C)c(Cl)cc(C)c1OC(C)C. The highest BCUT2D eigenvalue weighted by atomic mass is 35.5.